The molecule has 2 aromatic carbocycles. The van der Waals surface area contributed by atoms with Crippen molar-refractivity contribution in [1.82, 2.24) is 5.32 Å². The number of nitrogens with one attached hydrogen (secondary N) is 1. The molecule has 1 heterocycles. The first kappa shape index (κ1) is 19.2. The second-order valence-electron chi connectivity index (χ2n) is 6.79. The number of anilines is 1. The van der Waals surface area contributed by atoms with E-state index in [0.29, 0.717) is 12.8 Å². The molecule has 0 aliphatic carbocycles. The van der Waals surface area contributed by atoms with Gasteiger partial charge in [-0.05, 0) is 42.7 Å². The Hall–Kier alpha value is -2.53. The summed E-state index contributed by atoms with van der Waals surface area (Å²) in [6.45, 7) is 5.43. The third kappa shape index (κ3) is 5.23. The standard InChI is InChI=1S/C22H28N2O3/c1-17(18-7-10-20(11-8-18)24-13-15-27-16-14-24)23-22(25)12-9-19-5-3-4-6-21(19)26-2/h3-8,10-11,17H,9,12-16H2,1-2H3,(H,23,25). The normalized spacial score (nSPS) is 15.3. The van der Waals surface area contributed by atoms with Gasteiger partial charge in [0.1, 0.15) is 5.75 Å². The number of rotatable bonds is 7. The molecule has 0 bridgehead atoms. The molecule has 1 saturated heterocycles. The maximum Gasteiger partial charge on any atom is 0.220 e. The average Bonchev–Trinajstić information content (AvgIpc) is 2.73. The summed E-state index contributed by atoms with van der Waals surface area (Å²) in [6.07, 6.45) is 1.11. The monoisotopic (exact) mass is 368 g/mol. The third-order valence-corrected chi connectivity index (χ3v) is 4.96. The number of morpholine rings is 1. The molecule has 1 atom stereocenters. The predicted octanol–water partition coefficient (Wildman–Crippen LogP) is 3.34. The highest BCUT2D eigenvalue weighted by molar-refractivity contribution is 5.76. The molecule has 0 radical (unpaired) electrons. The van der Waals surface area contributed by atoms with Gasteiger partial charge in [-0.1, -0.05) is 30.3 Å². The molecule has 27 heavy (non-hydrogen) atoms. The zero-order valence-corrected chi connectivity index (χ0v) is 16.1. The fourth-order valence-electron chi connectivity index (χ4n) is 3.35. The molecule has 1 aliphatic heterocycles. The van der Waals surface area contributed by atoms with Crippen LogP contribution in [0.5, 0.6) is 5.75 Å². The van der Waals surface area contributed by atoms with Crippen LogP contribution in [-0.4, -0.2) is 39.3 Å². The Kier molecular flexibility index (Phi) is 6.71. The Labute approximate surface area is 161 Å². The number of aryl methyl sites for hydroxylation is 1. The fourth-order valence-corrected chi connectivity index (χ4v) is 3.35. The van der Waals surface area contributed by atoms with Crippen LogP contribution in [0, 0.1) is 0 Å². The van der Waals surface area contributed by atoms with Gasteiger partial charge in [-0.2, -0.15) is 0 Å². The first-order valence-corrected chi connectivity index (χ1v) is 9.51. The van der Waals surface area contributed by atoms with Crippen LogP contribution in [0.15, 0.2) is 48.5 Å². The molecular weight excluding hydrogens is 340 g/mol. The molecule has 3 rings (SSSR count). The molecule has 1 amide bonds. The minimum absolute atomic E-state index is 0.0195. The molecule has 1 unspecified atom stereocenters. The van der Waals surface area contributed by atoms with E-state index in [-0.39, 0.29) is 11.9 Å². The van der Waals surface area contributed by atoms with Gasteiger partial charge in [0.05, 0.1) is 26.4 Å². The van der Waals surface area contributed by atoms with Crippen LogP contribution in [0.4, 0.5) is 5.69 Å². The third-order valence-electron chi connectivity index (χ3n) is 4.96. The smallest absolute Gasteiger partial charge is 0.220 e. The summed E-state index contributed by atoms with van der Waals surface area (Å²) in [7, 11) is 1.65. The van der Waals surface area contributed by atoms with Crippen molar-refractivity contribution >= 4 is 11.6 Å². The molecule has 0 spiro atoms. The lowest BCUT2D eigenvalue weighted by molar-refractivity contribution is -0.121. The molecule has 1 aliphatic rings. The number of hydrogen-bond acceptors (Lipinski definition) is 4. The highest BCUT2D eigenvalue weighted by Gasteiger charge is 2.13. The first-order chi connectivity index (χ1) is 13.2. The Morgan fingerprint density at radius 2 is 1.85 bits per heavy atom. The second-order valence-corrected chi connectivity index (χ2v) is 6.79. The van der Waals surface area contributed by atoms with Gasteiger partial charge in [-0.15, -0.1) is 0 Å². The van der Waals surface area contributed by atoms with E-state index in [1.165, 1.54) is 5.69 Å². The van der Waals surface area contributed by atoms with Crippen LogP contribution in [0.1, 0.15) is 30.5 Å². The van der Waals surface area contributed by atoms with Crippen LogP contribution in [0.2, 0.25) is 0 Å². The van der Waals surface area contributed by atoms with Crippen LogP contribution in [-0.2, 0) is 16.0 Å². The van der Waals surface area contributed by atoms with Crippen molar-refractivity contribution in [3.63, 3.8) is 0 Å². The summed E-state index contributed by atoms with van der Waals surface area (Å²) in [4.78, 5) is 14.7. The fraction of sp³-hybridized carbons (Fsp3) is 0.409. The van der Waals surface area contributed by atoms with Crippen molar-refractivity contribution in [1.29, 1.82) is 0 Å². The Morgan fingerprint density at radius 3 is 2.56 bits per heavy atom. The first-order valence-electron chi connectivity index (χ1n) is 9.51. The quantitative estimate of drug-likeness (QED) is 0.814. The largest absolute Gasteiger partial charge is 0.496 e. The van der Waals surface area contributed by atoms with Crippen LogP contribution >= 0.6 is 0 Å². The number of nitrogens with zero attached hydrogens (tertiary/aromatic N) is 1. The minimum Gasteiger partial charge on any atom is -0.496 e. The minimum atomic E-state index is -0.0195. The van der Waals surface area contributed by atoms with E-state index in [4.69, 9.17) is 9.47 Å². The average molecular weight is 368 g/mol. The van der Waals surface area contributed by atoms with Crippen molar-refractivity contribution in [2.24, 2.45) is 0 Å². The van der Waals surface area contributed by atoms with Gasteiger partial charge in [0, 0.05) is 25.2 Å². The summed E-state index contributed by atoms with van der Waals surface area (Å²) in [5.74, 6) is 0.878. The van der Waals surface area contributed by atoms with Crippen molar-refractivity contribution in [2.45, 2.75) is 25.8 Å². The van der Waals surface area contributed by atoms with Gasteiger partial charge in [0.2, 0.25) is 5.91 Å². The SMILES string of the molecule is COc1ccccc1CCC(=O)NC(C)c1ccc(N2CCOCC2)cc1. The second kappa shape index (κ2) is 9.42. The van der Waals surface area contributed by atoms with Gasteiger partial charge in [0.15, 0.2) is 0 Å². The number of benzene rings is 2. The molecule has 1 fully saturated rings. The summed E-state index contributed by atoms with van der Waals surface area (Å²) >= 11 is 0. The predicted molar refractivity (Wildman–Crippen MR) is 107 cm³/mol. The molecule has 0 aromatic heterocycles. The van der Waals surface area contributed by atoms with Gasteiger partial charge in [-0.3, -0.25) is 4.79 Å². The van der Waals surface area contributed by atoms with Crippen LogP contribution in [0.3, 0.4) is 0 Å². The van der Waals surface area contributed by atoms with E-state index in [0.717, 1.165) is 43.2 Å². The number of carbonyl (C=O) groups excluding carboxylic acids is 1. The highest BCUT2D eigenvalue weighted by Crippen LogP contribution is 2.21. The van der Waals surface area contributed by atoms with Crippen molar-refractivity contribution < 1.29 is 14.3 Å². The van der Waals surface area contributed by atoms with E-state index in [1.54, 1.807) is 7.11 Å². The summed E-state index contributed by atoms with van der Waals surface area (Å²) in [5.41, 5.74) is 3.37. The summed E-state index contributed by atoms with van der Waals surface area (Å²) in [5, 5.41) is 3.09. The van der Waals surface area contributed by atoms with Gasteiger partial charge in [-0.25, -0.2) is 0 Å². The Balaban J connectivity index is 1.51. The zero-order valence-electron chi connectivity index (χ0n) is 16.1. The molecule has 1 N–H and O–H groups in total. The van der Waals surface area contributed by atoms with Crippen LogP contribution in [0.25, 0.3) is 0 Å². The molecular formula is C22H28N2O3. The molecule has 2 aromatic rings. The van der Waals surface area contributed by atoms with Crippen molar-refractivity contribution in [3.8, 4) is 5.75 Å². The topological polar surface area (TPSA) is 50.8 Å². The number of methoxy groups -OCH3 is 1. The molecule has 144 valence electrons. The number of amides is 1. The van der Waals surface area contributed by atoms with Gasteiger partial charge in [0.25, 0.3) is 0 Å². The molecule has 5 heteroatoms. The Morgan fingerprint density at radius 1 is 1.15 bits per heavy atom. The van der Waals surface area contributed by atoms with E-state index in [1.807, 2.05) is 31.2 Å². The highest BCUT2D eigenvalue weighted by atomic mass is 16.5. The lowest BCUT2D eigenvalue weighted by Crippen LogP contribution is -2.36. The lowest BCUT2D eigenvalue weighted by atomic mass is 10.1. The van der Waals surface area contributed by atoms with Gasteiger partial charge < -0.3 is 19.7 Å². The number of ether oxygens (including phenoxy) is 2. The van der Waals surface area contributed by atoms with E-state index in [9.17, 15) is 4.79 Å². The molecule has 0 saturated carbocycles. The maximum atomic E-state index is 12.3. The lowest BCUT2D eigenvalue weighted by Gasteiger charge is -2.29. The summed E-state index contributed by atoms with van der Waals surface area (Å²) < 4.78 is 10.7. The zero-order chi connectivity index (χ0) is 19.1. The van der Waals surface area contributed by atoms with Crippen molar-refractivity contribution in [3.05, 3.63) is 59.7 Å². The van der Waals surface area contributed by atoms with E-state index >= 15 is 0 Å². The maximum absolute atomic E-state index is 12.3. The Bertz CT molecular complexity index is 739. The molecule has 5 nitrogen and oxygen atoms in total. The van der Waals surface area contributed by atoms with E-state index in [2.05, 4.69) is 34.5 Å². The van der Waals surface area contributed by atoms with Gasteiger partial charge >= 0.3 is 0 Å². The van der Waals surface area contributed by atoms with Crippen LogP contribution < -0.4 is 15.0 Å². The summed E-state index contributed by atoms with van der Waals surface area (Å²) in [6, 6.07) is 16.2. The number of hydrogen-bond donors (Lipinski definition) is 1. The van der Waals surface area contributed by atoms with Crippen molar-refractivity contribution in [2.75, 3.05) is 38.3 Å². The van der Waals surface area contributed by atoms with E-state index < -0.39 is 0 Å². The number of para-hydroxylation sites is 1. The number of carbonyl (C=O) groups is 1.